The summed E-state index contributed by atoms with van der Waals surface area (Å²) in [5.41, 5.74) is 2.94. The Morgan fingerprint density at radius 3 is 3.00 bits per heavy atom. The second-order valence-electron chi connectivity index (χ2n) is 3.76. The maximum absolute atomic E-state index is 11.4. The van der Waals surface area contributed by atoms with Gasteiger partial charge >= 0.3 is 5.97 Å². The van der Waals surface area contributed by atoms with E-state index in [4.69, 9.17) is 16.3 Å². The van der Waals surface area contributed by atoms with E-state index in [2.05, 4.69) is 4.99 Å². The van der Waals surface area contributed by atoms with Gasteiger partial charge in [0, 0.05) is 17.2 Å². The Morgan fingerprint density at radius 1 is 1.56 bits per heavy atom. The van der Waals surface area contributed by atoms with Gasteiger partial charge in [-0.3, -0.25) is 4.99 Å². The van der Waals surface area contributed by atoms with Crippen molar-refractivity contribution in [2.45, 2.75) is 19.4 Å². The third kappa shape index (κ3) is 1.95. The minimum atomic E-state index is -0.418. The van der Waals surface area contributed by atoms with Crippen LogP contribution in [0.3, 0.4) is 0 Å². The van der Waals surface area contributed by atoms with E-state index in [1.165, 1.54) is 7.11 Å². The zero-order valence-electron chi connectivity index (χ0n) is 9.16. The van der Waals surface area contributed by atoms with Crippen molar-refractivity contribution in [3.05, 3.63) is 34.3 Å². The minimum Gasteiger partial charge on any atom is -0.467 e. The summed E-state index contributed by atoms with van der Waals surface area (Å²) in [6, 6.07) is 5.22. The number of rotatable bonds is 1. The number of nitrogens with zero attached hydrogens (tertiary/aromatic N) is 1. The monoisotopic (exact) mass is 237 g/mol. The molecule has 0 fully saturated rings. The van der Waals surface area contributed by atoms with Gasteiger partial charge in [0.15, 0.2) is 6.04 Å². The van der Waals surface area contributed by atoms with E-state index in [0.717, 1.165) is 16.8 Å². The number of benzene rings is 1. The number of esters is 1. The van der Waals surface area contributed by atoms with Crippen molar-refractivity contribution >= 4 is 23.3 Å². The SMILES string of the molecule is COC(=O)[C@H]1Cc2ccc(Cl)cc2C(C)=N1. The number of methoxy groups -OCH3 is 1. The molecule has 0 bridgehead atoms. The molecule has 0 saturated heterocycles. The van der Waals surface area contributed by atoms with Crippen molar-refractivity contribution < 1.29 is 9.53 Å². The van der Waals surface area contributed by atoms with E-state index in [1.54, 1.807) is 0 Å². The van der Waals surface area contributed by atoms with Crippen molar-refractivity contribution in [3.8, 4) is 0 Å². The summed E-state index contributed by atoms with van der Waals surface area (Å²) < 4.78 is 4.70. The molecule has 84 valence electrons. The number of hydrogen-bond acceptors (Lipinski definition) is 3. The van der Waals surface area contributed by atoms with Crippen molar-refractivity contribution in [2.24, 2.45) is 4.99 Å². The van der Waals surface area contributed by atoms with Crippen molar-refractivity contribution in [3.63, 3.8) is 0 Å². The van der Waals surface area contributed by atoms with Gasteiger partial charge in [-0.15, -0.1) is 0 Å². The molecule has 1 aliphatic heterocycles. The molecule has 0 radical (unpaired) electrons. The van der Waals surface area contributed by atoms with Gasteiger partial charge in [0.05, 0.1) is 7.11 Å². The summed E-state index contributed by atoms with van der Waals surface area (Å²) in [5.74, 6) is -0.292. The number of ether oxygens (including phenoxy) is 1. The maximum atomic E-state index is 11.4. The summed E-state index contributed by atoms with van der Waals surface area (Å²) in [4.78, 5) is 15.8. The summed E-state index contributed by atoms with van der Waals surface area (Å²) in [6.45, 7) is 1.88. The topological polar surface area (TPSA) is 38.7 Å². The van der Waals surface area contributed by atoms with Crippen LogP contribution in [0.4, 0.5) is 0 Å². The van der Waals surface area contributed by atoms with Crippen LogP contribution in [0.15, 0.2) is 23.2 Å². The smallest absolute Gasteiger partial charge is 0.330 e. The first-order valence-corrected chi connectivity index (χ1v) is 5.40. The Bertz CT molecular complexity index is 468. The third-order valence-electron chi connectivity index (χ3n) is 2.70. The Balaban J connectivity index is 2.39. The number of halogens is 1. The van der Waals surface area contributed by atoms with Gasteiger partial charge in [-0.1, -0.05) is 17.7 Å². The van der Waals surface area contributed by atoms with E-state index >= 15 is 0 Å². The van der Waals surface area contributed by atoms with Crippen LogP contribution >= 0.6 is 11.6 Å². The van der Waals surface area contributed by atoms with Gasteiger partial charge in [-0.05, 0) is 30.2 Å². The van der Waals surface area contributed by atoms with Crippen LogP contribution in [0.1, 0.15) is 18.1 Å². The molecule has 1 aromatic carbocycles. The van der Waals surface area contributed by atoms with Crippen molar-refractivity contribution in [1.82, 2.24) is 0 Å². The maximum Gasteiger partial charge on any atom is 0.330 e. The van der Waals surface area contributed by atoms with Crippen LogP contribution < -0.4 is 0 Å². The highest BCUT2D eigenvalue weighted by Crippen LogP contribution is 2.23. The van der Waals surface area contributed by atoms with E-state index in [1.807, 2.05) is 25.1 Å². The Labute approximate surface area is 99.1 Å². The molecule has 3 nitrogen and oxygen atoms in total. The zero-order chi connectivity index (χ0) is 11.7. The van der Waals surface area contributed by atoms with Crippen LogP contribution in [0, 0.1) is 0 Å². The molecule has 0 unspecified atom stereocenters. The quantitative estimate of drug-likeness (QED) is 0.703. The van der Waals surface area contributed by atoms with Crippen molar-refractivity contribution in [2.75, 3.05) is 7.11 Å². The van der Waals surface area contributed by atoms with Crippen LogP contribution in [0.25, 0.3) is 0 Å². The summed E-state index contributed by atoms with van der Waals surface area (Å²) in [5, 5.41) is 0.685. The lowest BCUT2D eigenvalue weighted by Crippen LogP contribution is -2.28. The lowest BCUT2D eigenvalue weighted by atomic mass is 9.94. The van der Waals surface area contributed by atoms with E-state index < -0.39 is 6.04 Å². The average Bonchev–Trinajstić information content (AvgIpc) is 2.28. The molecule has 0 N–H and O–H groups in total. The molecule has 0 amide bonds. The lowest BCUT2D eigenvalue weighted by molar-refractivity contribution is -0.142. The number of carbonyl (C=O) groups is 1. The van der Waals surface area contributed by atoms with Gasteiger partial charge in [0.25, 0.3) is 0 Å². The fourth-order valence-electron chi connectivity index (χ4n) is 1.89. The Hall–Kier alpha value is -1.35. The second-order valence-corrected chi connectivity index (χ2v) is 4.20. The van der Waals surface area contributed by atoms with E-state index in [9.17, 15) is 4.79 Å². The predicted octanol–water partition coefficient (Wildman–Crippen LogP) is 2.25. The highest BCUT2D eigenvalue weighted by Gasteiger charge is 2.25. The van der Waals surface area contributed by atoms with Gasteiger partial charge < -0.3 is 4.74 Å². The number of fused-ring (bicyclic) bond motifs is 1. The second kappa shape index (κ2) is 4.26. The Morgan fingerprint density at radius 2 is 2.31 bits per heavy atom. The lowest BCUT2D eigenvalue weighted by Gasteiger charge is -2.20. The van der Waals surface area contributed by atoms with Gasteiger partial charge in [0.2, 0.25) is 0 Å². The third-order valence-corrected chi connectivity index (χ3v) is 2.93. The Kier molecular flexibility index (Phi) is 2.97. The number of carbonyl (C=O) groups excluding carboxylic acids is 1. The largest absolute Gasteiger partial charge is 0.467 e. The number of hydrogen-bond donors (Lipinski definition) is 0. The summed E-state index contributed by atoms with van der Waals surface area (Å²) in [6.07, 6.45) is 0.580. The van der Waals surface area contributed by atoms with E-state index in [-0.39, 0.29) is 5.97 Å². The van der Waals surface area contributed by atoms with Gasteiger partial charge in [0.1, 0.15) is 0 Å². The average molecular weight is 238 g/mol. The molecule has 1 heterocycles. The molecule has 16 heavy (non-hydrogen) atoms. The molecule has 1 atom stereocenters. The molecule has 4 heteroatoms. The fraction of sp³-hybridized carbons (Fsp3) is 0.333. The highest BCUT2D eigenvalue weighted by atomic mass is 35.5. The normalized spacial score (nSPS) is 18.7. The van der Waals surface area contributed by atoms with Crippen LogP contribution in [0.2, 0.25) is 5.02 Å². The van der Waals surface area contributed by atoms with Crippen molar-refractivity contribution in [1.29, 1.82) is 0 Å². The first kappa shape index (κ1) is 11.1. The molecule has 0 spiro atoms. The fourth-order valence-corrected chi connectivity index (χ4v) is 2.06. The van der Waals surface area contributed by atoms with E-state index in [0.29, 0.717) is 11.4 Å². The first-order chi connectivity index (χ1) is 7.61. The minimum absolute atomic E-state index is 0.292. The highest BCUT2D eigenvalue weighted by molar-refractivity contribution is 6.31. The molecular weight excluding hydrogens is 226 g/mol. The molecule has 1 aliphatic rings. The molecular formula is C12H12ClNO2. The standard InChI is InChI=1S/C12H12ClNO2/c1-7-10-6-9(13)4-3-8(10)5-11(14-7)12(15)16-2/h3-4,6,11H,5H2,1-2H3/t11-/m1/s1. The molecule has 0 saturated carbocycles. The molecule has 0 aliphatic carbocycles. The predicted molar refractivity (Wildman–Crippen MR) is 63.2 cm³/mol. The number of aliphatic imine (C=N–C) groups is 1. The summed E-state index contributed by atoms with van der Waals surface area (Å²) in [7, 11) is 1.38. The van der Waals surface area contributed by atoms with Crippen LogP contribution in [-0.4, -0.2) is 24.8 Å². The van der Waals surface area contributed by atoms with Gasteiger partial charge in [-0.25, -0.2) is 4.79 Å². The zero-order valence-corrected chi connectivity index (χ0v) is 9.91. The molecule has 1 aromatic rings. The molecule has 2 rings (SSSR count). The van der Waals surface area contributed by atoms with Crippen LogP contribution in [0.5, 0.6) is 0 Å². The first-order valence-electron chi connectivity index (χ1n) is 5.03. The molecule has 0 aromatic heterocycles. The van der Waals surface area contributed by atoms with Gasteiger partial charge in [-0.2, -0.15) is 0 Å². The van der Waals surface area contributed by atoms with Crippen LogP contribution in [-0.2, 0) is 16.0 Å². The summed E-state index contributed by atoms with van der Waals surface area (Å²) >= 11 is 5.92.